The molecule has 0 aliphatic carbocycles. The molecule has 0 aliphatic rings. The van der Waals surface area contributed by atoms with Gasteiger partial charge in [-0.15, -0.1) is 4.72 Å². The van der Waals surface area contributed by atoms with E-state index in [2.05, 4.69) is 9.71 Å². The van der Waals surface area contributed by atoms with Gasteiger partial charge < -0.3 is 9.29 Å². The zero-order chi connectivity index (χ0) is 18.9. The van der Waals surface area contributed by atoms with Gasteiger partial charge in [0, 0.05) is 28.4 Å². The van der Waals surface area contributed by atoms with Crippen LogP contribution in [0.1, 0.15) is 53.1 Å². The molecule has 0 radical (unpaired) electrons. The fourth-order valence-electron chi connectivity index (χ4n) is 2.22. The van der Waals surface area contributed by atoms with Crippen LogP contribution in [0, 0.1) is 0 Å². The molecule has 0 spiro atoms. The third kappa shape index (κ3) is 5.14. The molecule has 0 bridgehead atoms. The molecule has 2 atom stereocenters. The Morgan fingerprint density at radius 3 is 2.36 bits per heavy atom. The molecule has 1 heterocycles. The van der Waals surface area contributed by atoms with Crippen molar-refractivity contribution in [3.8, 4) is 5.75 Å². The summed E-state index contributed by atoms with van der Waals surface area (Å²) in [5.74, 6) is 0.584. The molecule has 1 aromatic carbocycles. The number of hydrogen-bond acceptors (Lipinski definition) is 4. The maximum Gasteiger partial charge on any atom is 0.140 e. The van der Waals surface area contributed by atoms with E-state index >= 15 is 0 Å². The minimum absolute atomic E-state index is 0.0151. The molecule has 0 saturated heterocycles. The Morgan fingerprint density at radius 1 is 1.16 bits per heavy atom. The Hall–Kier alpha value is -0.720. The highest BCUT2D eigenvalue weighted by Crippen LogP contribution is 2.33. The van der Waals surface area contributed by atoms with E-state index in [9.17, 15) is 4.55 Å². The zero-order valence-corrected chi connectivity index (χ0v) is 17.6. The van der Waals surface area contributed by atoms with Crippen molar-refractivity contribution in [2.24, 2.45) is 0 Å². The zero-order valence-electron chi connectivity index (χ0n) is 15.3. The third-order valence-corrected chi connectivity index (χ3v) is 5.80. The quantitative estimate of drug-likeness (QED) is 0.533. The normalized spacial score (nSPS) is 14.8. The van der Waals surface area contributed by atoms with Crippen LogP contribution >= 0.6 is 23.2 Å². The van der Waals surface area contributed by atoms with Crippen LogP contribution in [-0.4, -0.2) is 20.4 Å². The van der Waals surface area contributed by atoms with Gasteiger partial charge in [-0.2, -0.15) is 0 Å². The number of nitrogens with one attached hydrogen (secondary N) is 1. The number of benzene rings is 1. The number of fused-ring (bicyclic) bond motifs is 1. The largest absolute Gasteiger partial charge is 0.598 e. The minimum Gasteiger partial charge on any atom is -0.598 e. The van der Waals surface area contributed by atoms with E-state index in [1.54, 1.807) is 6.07 Å². The Balaban J connectivity index is 2.38. The molecular formula is C18H24Cl2N2O2S. The summed E-state index contributed by atoms with van der Waals surface area (Å²) in [6.45, 7) is 11.5. The second-order valence-corrected chi connectivity index (χ2v) is 9.99. The topological polar surface area (TPSA) is 57.2 Å². The van der Waals surface area contributed by atoms with E-state index < -0.39 is 11.4 Å². The van der Waals surface area contributed by atoms with Gasteiger partial charge in [-0.1, -0.05) is 23.2 Å². The molecule has 0 fully saturated rings. The van der Waals surface area contributed by atoms with Gasteiger partial charge in [-0.3, -0.25) is 0 Å². The molecule has 1 aromatic heterocycles. The van der Waals surface area contributed by atoms with Gasteiger partial charge in [0.1, 0.15) is 15.6 Å². The summed E-state index contributed by atoms with van der Waals surface area (Å²) in [6, 6.07) is 5.32. The summed E-state index contributed by atoms with van der Waals surface area (Å²) in [4.78, 5) is 4.46. The molecule has 138 valence electrons. The Bertz CT molecular complexity index is 763. The second kappa shape index (κ2) is 7.89. The van der Waals surface area contributed by atoms with Crippen molar-refractivity contribution in [3.05, 3.63) is 33.9 Å². The average Bonchev–Trinajstić information content (AvgIpc) is 2.46. The molecule has 1 N–H and O–H groups in total. The first-order valence-electron chi connectivity index (χ1n) is 8.13. The lowest BCUT2D eigenvalue weighted by Gasteiger charge is -2.26. The Labute approximate surface area is 162 Å². The molecule has 0 aliphatic heterocycles. The monoisotopic (exact) mass is 402 g/mol. The molecular weight excluding hydrogens is 379 g/mol. The van der Waals surface area contributed by atoms with Crippen molar-refractivity contribution in [2.75, 3.05) is 0 Å². The van der Waals surface area contributed by atoms with Crippen molar-refractivity contribution in [1.82, 2.24) is 9.71 Å². The Kier molecular flexibility index (Phi) is 6.50. The number of nitrogens with zero attached hydrogens (tertiary/aromatic N) is 1. The second-order valence-electron chi connectivity index (χ2n) is 7.23. The van der Waals surface area contributed by atoms with Crippen molar-refractivity contribution in [3.63, 3.8) is 0 Å². The van der Waals surface area contributed by atoms with Gasteiger partial charge in [-0.05, 0) is 53.7 Å². The van der Waals surface area contributed by atoms with Crippen LogP contribution in [0.3, 0.4) is 0 Å². The predicted octanol–water partition coefficient (Wildman–Crippen LogP) is 5.44. The molecule has 25 heavy (non-hydrogen) atoms. The van der Waals surface area contributed by atoms with Gasteiger partial charge in [0.15, 0.2) is 0 Å². The number of rotatable bonds is 5. The first-order chi connectivity index (χ1) is 11.5. The predicted molar refractivity (Wildman–Crippen MR) is 107 cm³/mol. The highest BCUT2D eigenvalue weighted by atomic mass is 35.5. The third-order valence-electron chi connectivity index (χ3n) is 3.52. The standard InChI is InChI=1S/C18H24Cl2N2O2S/c1-10(2)24-16-9-15-12(8-14(16)19)7-13(17(20)21-15)11(3)22-25(23)18(4,5)6/h7-11,22H,1-6H3/t11?,25-/m1/s1. The SMILES string of the molecule is CC(C)Oc1cc2nc(Cl)c(C(C)N[S@+]([O-])C(C)(C)C)cc2cc1Cl. The average molecular weight is 403 g/mol. The van der Waals surface area contributed by atoms with E-state index in [-0.39, 0.29) is 16.9 Å². The van der Waals surface area contributed by atoms with E-state index in [0.29, 0.717) is 21.4 Å². The lowest BCUT2D eigenvalue weighted by molar-refractivity contribution is 0.243. The highest BCUT2D eigenvalue weighted by molar-refractivity contribution is 7.90. The van der Waals surface area contributed by atoms with E-state index in [1.807, 2.05) is 53.7 Å². The number of aromatic nitrogens is 1. The van der Waals surface area contributed by atoms with Gasteiger partial charge in [0.2, 0.25) is 0 Å². The molecule has 0 saturated carbocycles. The van der Waals surface area contributed by atoms with E-state index in [4.69, 9.17) is 27.9 Å². The number of pyridine rings is 1. The van der Waals surface area contributed by atoms with Crippen LogP contribution in [0.5, 0.6) is 5.75 Å². The first kappa shape index (κ1) is 20.6. The van der Waals surface area contributed by atoms with Crippen LogP contribution in [0.25, 0.3) is 10.9 Å². The van der Waals surface area contributed by atoms with Crippen LogP contribution in [0.4, 0.5) is 0 Å². The fraction of sp³-hybridized carbons (Fsp3) is 0.500. The summed E-state index contributed by atoms with van der Waals surface area (Å²) in [5.41, 5.74) is 1.48. The van der Waals surface area contributed by atoms with Crippen molar-refractivity contribution >= 4 is 45.5 Å². The molecule has 2 aromatic rings. The van der Waals surface area contributed by atoms with Crippen LogP contribution < -0.4 is 9.46 Å². The molecule has 0 amide bonds. The van der Waals surface area contributed by atoms with Crippen molar-refractivity contribution < 1.29 is 9.29 Å². The van der Waals surface area contributed by atoms with Gasteiger partial charge >= 0.3 is 0 Å². The van der Waals surface area contributed by atoms with Crippen LogP contribution in [0.15, 0.2) is 18.2 Å². The smallest absolute Gasteiger partial charge is 0.140 e. The van der Waals surface area contributed by atoms with Gasteiger partial charge in [-0.25, -0.2) is 4.98 Å². The van der Waals surface area contributed by atoms with Crippen molar-refractivity contribution in [1.29, 1.82) is 0 Å². The number of ether oxygens (including phenoxy) is 1. The Morgan fingerprint density at radius 2 is 1.80 bits per heavy atom. The van der Waals surface area contributed by atoms with Crippen LogP contribution in [-0.2, 0) is 11.4 Å². The highest BCUT2D eigenvalue weighted by Gasteiger charge is 2.29. The lowest BCUT2D eigenvalue weighted by atomic mass is 10.1. The van der Waals surface area contributed by atoms with Crippen LogP contribution in [0.2, 0.25) is 10.2 Å². The minimum atomic E-state index is -1.21. The number of hydrogen-bond donors (Lipinski definition) is 1. The molecule has 1 unspecified atom stereocenters. The molecule has 2 rings (SSSR count). The fourth-order valence-corrected chi connectivity index (χ4v) is 3.54. The number of halogens is 2. The summed E-state index contributed by atoms with van der Waals surface area (Å²) in [5, 5.41) is 1.75. The summed E-state index contributed by atoms with van der Waals surface area (Å²) < 4.78 is 20.7. The maximum absolute atomic E-state index is 12.3. The van der Waals surface area contributed by atoms with Gasteiger partial charge in [0.05, 0.1) is 22.7 Å². The molecule has 7 heteroatoms. The maximum atomic E-state index is 12.3. The lowest BCUT2D eigenvalue weighted by Crippen LogP contribution is -2.40. The summed E-state index contributed by atoms with van der Waals surface area (Å²) in [6.07, 6.45) is 0.0151. The van der Waals surface area contributed by atoms with Crippen molar-refractivity contribution in [2.45, 2.75) is 58.4 Å². The summed E-state index contributed by atoms with van der Waals surface area (Å²) >= 11 is 11.5. The first-order valence-corrected chi connectivity index (χ1v) is 10.0. The van der Waals surface area contributed by atoms with E-state index in [0.717, 1.165) is 10.9 Å². The van der Waals surface area contributed by atoms with E-state index in [1.165, 1.54) is 0 Å². The van der Waals surface area contributed by atoms with Gasteiger partial charge in [0.25, 0.3) is 0 Å². The summed E-state index contributed by atoms with van der Waals surface area (Å²) in [7, 11) is 0. The molecule has 4 nitrogen and oxygen atoms in total.